The second-order valence-corrected chi connectivity index (χ2v) is 9.04. The first-order valence-electron chi connectivity index (χ1n) is 12.1. The number of nitrogens with zero attached hydrogens (tertiary/aromatic N) is 7. The Morgan fingerprint density at radius 3 is 2.68 bits per heavy atom. The number of hydrogen-bond donors (Lipinski definition) is 1. The van der Waals surface area contributed by atoms with Gasteiger partial charge < -0.3 is 10.6 Å². The lowest BCUT2D eigenvalue weighted by Gasteiger charge is -2.34. The van der Waals surface area contributed by atoms with Crippen LogP contribution in [0, 0.1) is 6.92 Å². The molecule has 1 unspecified atom stereocenters. The summed E-state index contributed by atoms with van der Waals surface area (Å²) in [6, 6.07) is 6.94. The van der Waals surface area contributed by atoms with Gasteiger partial charge in [0.15, 0.2) is 0 Å². The van der Waals surface area contributed by atoms with Crippen LogP contribution < -0.4 is 10.6 Å². The van der Waals surface area contributed by atoms with Gasteiger partial charge in [-0.15, -0.1) is 0 Å². The number of aryl methyl sites for hydroxylation is 1. The largest absolute Gasteiger partial charge is 0.382 e. The molecule has 0 saturated carbocycles. The van der Waals surface area contributed by atoms with Crippen molar-refractivity contribution in [2.24, 2.45) is 0 Å². The molecule has 2 amide bonds. The molecule has 1 aromatic carbocycles. The standard InChI is InChI=1S/C27H28N8O2/c1-4-21(36)34-14-6-5-8-20(34)25-32-22(23-24(28)29-13-15-35(23)25)19-10-9-18(16-17(19)2)26(37)33(3)27-30-11-7-12-31-27/h4,7,9-13,15-16,20H,1,5-6,8,14H2,2-3H3,(H2,28,29). The molecule has 0 bridgehead atoms. The van der Waals surface area contributed by atoms with Crippen LogP contribution in [0.2, 0.25) is 0 Å². The molecular formula is C27H28N8O2. The minimum absolute atomic E-state index is 0.115. The average molecular weight is 497 g/mol. The summed E-state index contributed by atoms with van der Waals surface area (Å²) in [5.41, 5.74) is 9.86. The molecule has 1 atom stereocenters. The van der Waals surface area contributed by atoms with Crippen LogP contribution in [0.5, 0.6) is 0 Å². The van der Waals surface area contributed by atoms with Crippen LogP contribution in [0.1, 0.15) is 47.1 Å². The summed E-state index contributed by atoms with van der Waals surface area (Å²) in [5.74, 6) is 1.06. The van der Waals surface area contributed by atoms with Crippen LogP contribution in [0.3, 0.4) is 0 Å². The van der Waals surface area contributed by atoms with Crippen molar-refractivity contribution in [1.82, 2.24) is 29.2 Å². The van der Waals surface area contributed by atoms with Crippen molar-refractivity contribution >= 4 is 29.1 Å². The molecule has 3 aromatic heterocycles. The third kappa shape index (κ3) is 4.31. The van der Waals surface area contributed by atoms with Gasteiger partial charge in [-0.25, -0.2) is 19.9 Å². The van der Waals surface area contributed by atoms with Gasteiger partial charge in [0.1, 0.15) is 22.9 Å². The van der Waals surface area contributed by atoms with Gasteiger partial charge in [-0.1, -0.05) is 12.6 Å². The number of imidazole rings is 1. The van der Waals surface area contributed by atoms with E-state index in [1.54, 1.807) is 37.8 Å². The van der Waals surface area contributed by atoms with E-state index in [1.165, 1.54) is 11.0 Å². The molecular weight excluding hydrogens is 468 g/mol. The molecule has 10 heteroatoms. The van der Waals surface area contributed by atoms with E-state index < -0.39 is 0 Å². The average Bonchev–Trinajstić information content (AvgIpc) is 3.32. The van der Waals surface area contributed by atoms with E-state index in [9.17, 15) is 9.59 Å². The summed E-state index contributed by atoms with van der Waals surface area (Å²) < 4.78 is 1.93. The van der Waals surface area contributed by atoms with E-state index in [1.807, 2.05) is 34.6 Å². The lowest BCUT2D eigenvalue weighted by molar-refractivity contribution is -0.129. The predicted octanol–water partition coefficient (Wildman–Crippen LogP) is 3.59. The lowest BCUT2D eigenvalue weighted by Crippen LogP contribution is -2.38. The van der Waals surface area contributed by atoms with Crippen LogP contribution in [0.15, 0.2) is 61.7 Å². The molecule has 2 N–H and O–H groups in total. The van der Waals surface area contributed by atoms with Crippen LogP contribution in [-0.4, -0.2) is 54.6 Å². The molecule has 0 radical (unpaired) electrons. The molecule has 1 fully saturated rings. The van der Waals surface area contributed by atoms with Gasteiger partial charge in [0.25, 0.3) is 5.91 Å². The lowest BCUT2D eigenvalue weighted by atomic mass is 10.0. The zero-order valence-corrected chi connectivity index (χ0v) is 20.8. The Bertz CT molecular complexity index is 1500. The number of fused-ring (bicyclic) bond motifs is 1. The highest BCUT2D eigenvalue weighted by atomic mass is 16.2. The fourth-order valence-corrected chi connectivity index (χ4v) is 4.90. The Balaban J connectivity index is 1.57. The molecule has 188 valence electrons. The molecule has 4 heterocycles. The van der Waals surface area contributed by atoms with Crippen LogP contribution in [0.4, 0.5) is 11.8 Å². The van der Waals surface area contributed by atoms with E-state index in [0.29, 0.717) is 35.1 Å². The highest BCUT2D eigenvalue weighted by Gasteiger charge is 2.31. The van der Waals surface area contributed by atoms with Crippen molar-refractivity contribution in [1.29, 1.82) is 0 Å². The maximum atomic E-state index is 13.1. The smallest absolute Gasteiger partial charge is 0.260 e. The molecule has 1 aliphatic rings. The summed E-state index contributed by atoms with van der Waals surface area (Å²) in [6.45, 7) is 6.25. The fraction of sp³-hybridized carbons (Fsp3) is 0.259. The first-order chi connectivity index (χ1) is 17.9. The number of rotatable bonds is 5. The number of hydrogen-bond acceptors (Lipinski definition) is 7. The summed E-state index contributed by atoms with van der Waals surface area (Å²) in [7, 11) is 1.64. The number of aromatic nitrogens is 5. The van der Waals surface area contributed by atoms with E-state index in [2.05, 4.69) is 21.5 Å². The normalized spacial score (nSPS) is 15.5. The Morgan fingerprint density at radius 1 is 1.16 bits per heavy atom. The van der Waals surface area contributed by atoms with Gasteiger partial charge in [-0.2, -0.15) is 0 Å². The van der Waals surface area contributed by atoms with Gasteiger partial charge in [-0.05, 0) is 56.0 Å². The minimum Gasteiger partial charge on any atom is -0.382 e. The first-order valence-corrected chi connectivity index (χ1v) is 12.1. The number of anilines is 2. The summed E-state index contributed by atoms with van der Waals surface area (Å²) >= 11 is 0. The summed E-state index contributed by atoms with van der Waals surface area (Å²) in [4.78, 5) is 46.6. The molecule has 37 heavy (non-hydrogen) atoms. The van der Waals surface area contributed by atoms with Crippen molar-refractivity contribution < 1.29 is 9.59 Å². The van der Waals surface area contributed by atoms with Crippen molar-refractivity contribution in [3.63, 3.8) is 0 Å². The number of likely N-dealkylation sites (tertiary alicyclic amines) is 1. The SMILES string of the molecule is C=CC(=O)N1CCCCC1c1nc(-c2ccc(C(=O)N(C)c3ncccn3)cc2C)c2c(N)nccn12. The Morgan fingerprint density at radius 2 is 1.95 bits per heavy atom. The maximum Gasteiger partial charge on any atom is 0.260 e. The summed E-state index contributed by atoms with van der Waals surface area (Å²) in [5, 5.41) is 0. The number of nitrogen functional groups attached to an aromatic ring is 1. The molecule has 1 saturated heterocycles. The van der Waals surface area contributed by atoms with E-state index >= 15 is 0 Å². The second kappa shape index (κ2) is 9.81. The highest BCUT2D eigenvalue weighted by molar-refractivity contribution is 6.05. The third-order valence-corrected chi connectivity index (χ3v) is 6.75. The number of carbonyl (C=O) groups is 2. The molecule has 10 nitrogen and oxygen atoms in total. The monoisotopic (exact) mass is 496 g/mol. The Kier molecular flexibility index (Phi) is 6.39. The highest BCUT2D eigenvalue weighted by Crippen LogP contribution is 2.37. The zero-order valence-electron chi connectivity index (χ0n) is 20.8. The maximum absolute atomic E-state index is 13.1. The van der Waals surface area contributed by atoms with Crippen LogP contribution >= 0.6 is 0 Å². The quantitative estimate of drug-likeness (QED) is 0.419. The van der Waals surface area contributed by atoms with Gasteiger partial charge in [0, 0.05) is 49.5 Å². The Hall–Kier alpha value is -4.60. The van der Waals surface area contributed by atoms with Crippen molar-refractivity contribution in [3.05, 3.63) is 78.7 Å². The number of nitrogens with two attached hydrogens (primary N) is 1. The van der Waals surface area contributed by atoms with Crippen molar-refractivity contribution in [2.75, 3.05) is 24.2 Å². The van der Waals surface area contributed by atoms with Gasteiger partial charge in [-0.3, -0.25) is 18.9 Å². The number of carbonyl (C=O) groups excluding carboxylic acids is 2. The van der Waals surface area contributed by atoms with Crippen molar-refractivity contribution in [3.8, 4) is 11.3 Å². The van der Waals surface area contributed by atoms with Crippen molar-refractivity contribution in [2.45, 2.75) is 32.2 Å². The zero-order chi connectivity index (χ0) is 26.1. The van der Waals surface area contributed by atoms with Gasteiger partial charge >= 0.3 is 0 Å². The van der Waals surface area contributed by atoms with E-state index in [0.717, 1.165) is 36.2 Å². The second-order valence-electron chi connectivity index (χ2n) is 9.04. The number of amides is 2. The van der Waals surface area contributed by atoms with Crippen LogP contribution in [-0.2, 0) is 4.79 Å². The molecule has 1 aliphatic heterocycles. The number of benzene rings is 1. The molecule has 5 rings (SSSR count). The first kappa shape index (κ1) is 24.1. The topological polar surface area (TPSA) is 123 Å². The van der Waals surface area contributed by atoms with Gasteiger partial charge in [0.05, 0.1) is 6.04 Å². The predicted molar refractivity (Wildman–Crippen MR) is 141 cm³/mol. The molecule has 0 aliphatic carbocycles. The third-order valence-electron chi connectivity index (χ3n) is 6.75. The summed E-state index contributed by atoms with van der Waals surface area (Å²) in [6.07, 6.45) is 10.7. The number of piperidine rings is 1. The molecule has 4 aromatic rings. The molecule has 0 spiro atoms. The minimum atomic E-state index is -0.224. The van der Waals surface area contributed by atoms with E-state index in [-0.39, 0.29) is 17.9 Å². The Labute approximate surface area is 214 Å². The van der Waals surface area contributed by atoms with E-state index in [4.69, 9.17) is 10.7 Å². The van der Waals surface area contributed by atoms with Crippen LogP contribution in [0.25, 0.3) is 16.8 Å². The van der Waals surface area contributed by atoms with Gasteiger partial charge in [0.2, 0.25) is 11.9 Å². The fourth-order valence-electron chi connectivity index (χ4n) is 4.90.